The van der Waals surface area contributed by atoms with Crippen molar-refractivity contribution in [3.05, 3.63) is 29.8 Å². The summed E-state index contributed by atoms with van der Waals surface area (Å²) in [5.41, 5.74) is 1.43. The first-order chi connectivity index (χ1) is 9.24. The van der Waals surface area contributed by atoms with Crippen molar-refractivity contribution in [3.8, 4) is 5.75 Å². The Morgan fingerprint density at radius 1 is 1.26 bits per heavy atom. The molecule has 0 aliphatic carbocycles. The van der Waals surface area contributed by atoms with E-state index in [1.807, 2.05) is 0 Å². The van der Waals surface area contributed by atoms with Crippen LogP contribution in [0.15, 0.2) is 24.3 Å². The molecule has 0 aromatic heterocycles. The Bertz CT molecular complexity index is 352. The van der Waals surface area contributed by atoms with E-state index in [1.165, 1.54) is 50.8 Å². The Balaban J connectivity index is 1.70. The summed E-state index contributed by atoms with van der Waals surface area (Å²) in [7, 11) is 0. The molecule has 0 bridgehead atoms. The normalized spacial score (nSPS) is 19.6. The lowest BCUT2D eigenvalue weighted by molar-refractivity contribution is 0.242. The average molecular weight is 261 g/mol. The van der Waals surface area contributed by atoms with Crippen LogP contribution in [-0.4, -0.2) is 19.2 Å². The van der Waals surface area contributed by atoms with Gasteiger partial charge in [-0.25, -0.2) is 0 Å². The van der Waals surface area contributed by atoms with Gasteiger partial charge in [-0.05, 0) is 82.7 Å². The van der Waals surface area contributed by atoms with Crippen LogP contribution in [0.25, 0.3) is 0 Å². The minimum Gasteiger partial charge on any atom is -0.491 e. The molecule has 1 N–H and O–H groups in total. The van der Waals surface area contributed by atoms with Crippen LogP contribution in [0.4, 0.5) is 0 Å². The number of hydrogen-bond donors (Lipinski definition) is 1. The van der Waals surface area contributed by atoms with Gasteiger partial charge in [0, 0.05) is 0 Å². The molecule has 1 aliphatic rings. The Morgan fingerprint density at radius 3 is 2.68 bits per heavy atom. The Labute approximate surface area is 117 Å². The van der Waals surface area contributed by atoms with E-state index >= 15 is 0 Å². The van der Waals surface area contributed by atoms with Crippen molar-refractivity contribution >= 4 is 0 Å². The van der Waals surface area contributed by atoms with E-state index in [1.54, 1.807) is 0 Å². The smallest absolute Gasteiger partial charge is 0.119 e. The molecule has 1 aromatic rings. The average Bonchev–Trinajstić information content (AvgIpc) is 2.41. The molecule has 0 radical (unpaired) electrons. The van der Waals surface area contributed by atoms with E-state index in [0.29, 0.717) is 0 Å². The molecule has 1 aliphatic heterocycles. The van der Waals surface area contributed by atoms with Gasteiger partial charge in [0.05, 0.1) is 6.10 Å². The van der Waals surface area contributed by atoms with Crippen molar-refractivity contribution in [1.82, 2.24) is 5.32 Å². The van der Waals surface area contributed by atoms with Crippen molar-refractivity contribution in [3.63, 3.8) is 0 Å². The van der Waals surface area contributed by atoms with Crippen molar-refractivity contribution in [1.29, 1.82) is 0 Å². The van der Waals surface area contributed by atoms with Gasteiger partial charge >= 0.3 is 0 Å². The predicted octanol–water partition coefficient (Wildman–Crippen LogP) is 3.80. The van der Waals surface area contributed by atoms with Crippen LogP contribution in [0.1, 0.15) is 45.1 Å². The van der Waals surface area contributed by atoms with Crippen LogP contribution in [-0.2, 0) is 6.42 Å². The monoisotopic (exact) mass is 261 g/mol. The lowest BCUT2D eigenvalue weighted by Crippen LogP contribution is -2.29. The van der Waals surface area contributed by atoms with Crippen molar-refractivity contribution in [2.45, 2.75) is 52.1 Å². The van der Waals surface area contributed by atoms with E-state index in [-0.39, 0.29) is 6.10 Å². The van der Waals surface area contributed by atoms with Gasteiger partial charge in [0.1, 0.15) is 5.75 Å². The zero-order valence-corrected chi connectivity index (χ0v) is 12.3. The van der Waals surface area contributed by atoms with Gasteiger partial charge < -0.3 is 10.1 Å². The quantitative estimate of drug-likeness (QED) is 0.841. The summed E-state index contributed by atoms with van der Waals surface area (Å²) in [6.07, 6.45) is 6.87. The molecular formula is C17H27NO. The van der Waals surface area contributed by atoms with Crippen LogP contribution >= 0.6 is 0 Å². The highest BCUT2D eigenvalue weighted by Gasteiger charge is 2.12. The Morgan fingerprint density at radius 2 is 2.05 bits per heavy atom. The molecule has 1 fully saturated rings. The first-order valence-electron chi connectivity index (χ1n) is 7.70. The number of piperidine rings is 1. The summed E-state index contributed by atoms with van der Waals surface area (Å²) in [6.45, 7) is 6.56. The highest BCUT2D eigenvalue weighted by atomic mass is 16.5. The van der Waals surface area contributed by atoms with Crippen molar-refractivity contribution < 1.29 is 4.74 Å². The molecule has 0 amide bonds. The van der Waals surface area contributed by atoms with Gasteiger partial charge in [0.25, 0.3) is 0 Å². The van der Waals surface area contributed by atoms with Gasteiger partial charge in [-0.1, -0.05) is 12.1 Å². The maximum atomic E-state index is 5.66. The van der Waals surface area contributed by atoms with E-state index in [2.05, 4.69) is 43.4 Å². The highest BCUT2D eigenvalue weighted by molar-refractivity contribution is 5.27. The molecule has 1 saturated heterocycles. The third kappa shape index (κ3) is 5.23. The lowest BCUT2D eigenvalue weighted by Gasteiger charge is -2.22. The minimum atomic E-state index is 0.254. The van der Waals surface area contributed by atoms with E-state index in [0.717, 1.165) is 11.7 Å². The first-order valence-corrected chi connectivity index (χ1v) is 7.70. The van der Waals surface area contributed by atoms with Gasteiger partial charge in [-0.3, -0.25) is 0 Å². The molecule has 2 nitrogen and oxygen atoms in total. The topological polar surface area (TPSA) is 21.3 Å². The van der Waals surface area contributed by atoms with E-state index in [9.17, 15) is 0 Å². The second kappa shape index (κ2) is 7.54. The largest absolute Gasteiger partial charge is 0.491 e. The minimum absolute atomic E-state index is 0.254. The van der Waals surface area contributed by atoms with Gasteiger partial charge in [-0.15, -0.1) is 0 Å². The molecular weight excluding hydrogens is 234 g/mol. The fourth-order valence-corrected chi connectivity index (χ4v) is 2.77. The summed E-state index contributed by atoms with van der Waals surface area (Å²) < 4.78 is 5.66. The zero-order chi connectivity index (χ0) is 13.5. The number of ether oxygens (including phenoxy) is 1. The van der Waals surface area contributed by atoms with Gasteiger partial charge in [-0.2, -0.15) is 0 Å². The molecule has 2 heteroatoms. The number of nitrogens with one attached hydrogen (secondary N) is 1. The Hall–Kier alpha value is -1.02. The number of hydrogen-bond acceptors (Lipinski definition) is 2. The maximum absolute atomic E-state index is 5.66. The van der Waals surface area contributed by atoms with Crippen LogP contribution in [0, 0.1) is 5.92 Å². The lowest BCUT2D eigenvalue weighted by atomic mass is 9.93. The molecule has 19 heavy (non-hydrogen) atoms. The van der Waals surface area contributed by atoms with Gasteiger partial charge in [0.15, 0.2) is 0 Å². The van der Waals surface area contributed by atoms with E-state index in [4.69, 9.17) is 4.74 Å². The fourth-order valence-electron chi connectivity index (χ4n) is 2.77. The van der Waals surface area contributed by atoms with Crippen LogP contribution in [0.2, 0.25) is 0 Å². The second-order valence-corrected chi connectivity index (χ2v) is 5.92. The van der Waals surface area contributed by atoms with Gasteiger partial charge in [0.2, 0.25) is 0 Å². The summed E-state index contributed by atoms with van der Waals surface area (Å²) in [6, 6.07) is 8.60. The number of benzene rings is 1. The molecule has 1 unspecified atom stereocenters. The Kier molecular flexibility index (Phi) is 5.71. The standard InChI is InChI=1S/C17H27NO/c1-14(2)19-17-10-8-15(9-11-17)5-3-6-16-7-4-12-18-13-16/h8-11,14,16,18H,3-7,12-13H2,1-2H3. The zero-order valence-electron chi connectivity index (χ0n) is 12.3. The van der Waals surface area contributed by atoms with Crippen LogP contribution in [0.3, 0.4) is 0 Å². The second-order valence-electron chi connectivity index (χ2n) is 5.92. The SMILES string of the molecule is CC(C)Oc1ccc(CCCC2CCCNC2)cc1. The molecule has 1 atom stereocenters. The van der Waals surface area contributed by atoms with Crippen molar-refractivity contribution in [2.75, 3.05) is 13.1 Å². The van der Waals surface area contributed by atoms with Crippen LogP contribution in [0.5, 0.6) is 5.75 Å². The third-order valence-corrected chi connectivity index (χ3v) is 3.77. The summed E-state index contributed by atoms with van der Waals surface area (Å²) in [5.74, 6) is 1.88. The predicted molar refractivity (Wildman–Crippen MR) is 80.7 cm³/mol. The fraction of sp³-hybridized carbons (Fsp3) is 0.647. The maximum Gasteiger partial charge on any atom is 0.119 e. The molecule has 1 heterocycles. The molecule has 2 rings (SSSR count). The first kappa shape index (κ1) is 14.4. The third-order valence-electron chi connectivity index (χ3n) is 3.77. The van der Waals surface area contributed by atoms with Crippen molar-refractivity contribution in [2.24, 2.45) is 5.92 Å². The molecule has 106 valence electrons. The summed E-state index contributed by atoms with van der Waals surface area (Å²) in [5, 5.41) is 3.49. The molecule has 0 saturated carbocycles. The molecule has 0 spiro atoms. The highest BCUT2D eigenvalue weighted by Crippen LogP contribution is 2.19. The number of aryl methyl sites for hydroxylation is 1. The summed E-state index contributed by atoms with van der Waals surface area (Å²) >= 11 is 0. The summed E-state index contributed by atoms with van der Waals surface area (Å²) in [4.78, 5) is 0. The molecule has 1 aromatic carbocycles. The van der Waals surface area contributed by atoms with Crippen LogP contribution < -0.4 is 10.1 Å². The number of rotatable bonds is 6. The van der Waals surface area contributed by atoms with E-state index < -0.39 is 0 Å².